The van der Waals surface area contributed by atoms with Crippen LogP contribution in [0.1, 0.15) is 21.5 Å². The summed E-state index contributed by atoms with van der Waals surface area (Å²) in [5, 5.41) is 19.7. The predicted molar refractivity (Wildman–Crippen MR) is 94.5 cm³/mol. The van der Waals surface area contributed by atoms with Gasteiger partial charge in [0.15, 0.2) is 5.78 Å². The number of aromatic hydroxyl groups is 2. The molecule has 0 atom stereocenters. The molecule has 0 bridgehead atoms. The third-order valence-electron chi connectivity index (χ3n) is 4.33. The minimum absolute atomic E-state index is 0.103. The summed E-state index contributed by atoms with van der Waals surface area (Å²) in [4.78, 5) is 12.6. The van der Waals surface area contributed by atoms with Gasteiger partial charge in [0, 0.05) is 24.1 Å². The van der Waals surface area contributed by atoms with Gasteiger partial charge >= 0.3 is 0 Å². The summed E-state index contributed by atoms with van der Waals surface area (Å²) in [6.45, 7) is 2.03. The topological polar surface area (TPSA) is 66.8 Å². The maximum Gasteiger partial charge on any atom is 0.174 e. The summed E-state index contributed by atoms with van der Waals surface area (Å²) < 4.78 is 5.81. The van der Waals surface area contributed by atoms with E-state index in [0.717, 1.165) is 28.3 Å². The highest BCUT2D eigenvalue weighted by atomic mass is 16.5. The molecule has 0 unspecified atom stereocenters. The molecule has 25 heavy (non-hydrogen) atoms. The number of hydrogen-bond acceptors (Lipinski definition) is 4. The lowest BCUT2D eigenvalue weighted by atomic mass is 9.97. The van der Waals surface area contributed by atoms with E-state index in [1.807, 2.05) is 43.3 Å². The normalized spacial score (nSPS) is 12.8. The number of Topliss-reactive ketones (excluding diaryl/α,β-unsaturated/α-hetero) is 1. The van der Waals surface area contributed by atoms with Crippen molar-refractivity contribution < 1.29 is 19.7 Å². The molecule has 1 heterocycles. The van der Waals surface area contributed by atoms with Gasteiger partial charge in [-0.15, -0.1) is 0 Å². The summed E-state index contributed by atoms with van der Waals surface area (Å²) in [6, 6.07) is 16.3. The van der Waals surface area contributed by atoms with Gasteiger partial charge in [-0.2, -0.15) is 0 Å². The summed E-state index contributed by atoms with van der Waals surface area (Å²) in [7, 11) is 0. The average molecular weight is 332 g/mol. The minimum Gasteiger partial charge on any atom is -0.508 e. The number of benzene rings is 3. The fraction of sp³-hybridized carbons (Fsp3) is 0.0952. The molecule has 3 aromatic rings. The van der Waals surface area contributed by atoms with E-state index in [2.05, 4.69) is 6.07 Å². The Labute approximate surface area is 144 Å². The predicted octanol–water partition coefficient (Wildman–Crippen LogP) is 4.60. The number of carbonyl (C=O) groups is 1. The molecule has 1 aliphatic heterocycles. The molecule has 4 rings (SSSR count). The molecule has 0 aliphatic carbocycles. The fourth-order valence-electron chi connectivity index (χ4n) is 3.15. The van der Waals surface area contributed by atoms with E-state index in [4.69, 9.17) is 4.74 Å². The number of aryl methyl sites for hydroxylation is 1. The summed E-state index contributed by atoms with van der Waals surface area (Å²) >= 11 is 0. The van der Waals surface area contributed by atoms with Crippen LogP contribution in [-0.2, 0) is 6.42 Å². The van der Waals surface area contributed by atoms with Crippen molar-refractivity contribution in [3.05, 3.63) is 71.3 Å². The van der Waals surface area contributed by atoms with Crippen LogP contribution in [0.2, 0.25) is 0 Å². The van der Waals surface area contributed by atoms with Crippen LogP contribution in [0.4, 0.5) is 0 Å². The second-order valence-electron chi connectivity index (χ2n) is 6.23. The Kier molecular flexibility index (Phi) is 3.46. The van der Waals surface area contributed by atoms with Crippen molar-refractivity contribution in [2.45, 2.75) is 13.3 Å². The third kappa shape index (κ3) is 2.72. The molecule has 0 aromatic heterocycles. The largest absolute Gasteiger partial charge is 0.508 e. The molecule has 0 spiro atoms. The maximum absolute atomic E-state index is 12.6. The number of fused-ring (bicyclic) bond motifs is 2. The van der Waals surface area contributed by atoms with E-state index in [1.165, 1.54) is 6.07 Å². The number of phenolic OH excluding ortho intramolecular Hbond substituents is 2. The second-order valence-corrected chi connectivity index (χ2v) is 6.23. The lowest BCUT2D eigenvalue weighted by Gasteiger charge is -2.11. The van der Waals surface area contributed by atoms with Gasteiger partial charge in [0.2, 0.25) is 0 Å². The van der Waals surface area contributed by atoms with Crippen LogP contribution in [0.5, 0.6) is 23.0 Å². The highest BCUT2D eigenvalue weighted by Crippen LogP contribution is 2.41. The Morgan fingerprint density at radius 2 is 1.72 bits per heavy atom. The molecular weight excluding hydrogens is 316 g/mol. The van der Waals surface area contributed by atoms with Crippen molar-refractivity contribution in [2.24, 2.45) is 0 Å². The lowest BCUT2D eigenvalue weighted by molar-refractivity contribution is 0.0991. The Morgan fingerprint density at radius 3 is 2.52 bits per heavy atom. The Balaban J connectivity index is 1.81. The Bertz CT molecular complexity index is 1000. The van der Waals surface area contributed by atoms with E-state index < -0.39 is 0 Å². The molecule has 2 N–H and O–H groups in total. The van der Waals surface area contributed by atoms with Crippen LogP contribution in [0, 0.1) is 6.92 Å². The number of ketones is 1. The minimum atomic E-state index is -0.272. The van der Waals surface area contributed by atoms with Crippen LogP contribution in [0.25, 0.3) is 11.1 Å². The van der Waals surface area contributed by atoms with Gasteiger partial charge in [-0.3, -0.25) is 4.79 Å². The molecule has 4 nitrogen and oxygen atoms in total. The van der Waals surface area contributed by atoms with Crippen LogP contribution >= 0.6 is 0 Å². The molecule has 1 aliphatic rings. The SMILES string of the molecule is Cc1cccc(-c2ccc3c(c2)CC(=O)c2c(O)cc(O)cc2O3)c1. The molecule has 124 valence electrons. The standard InChI is InChI=1S/C21H16O4/c1-12-3-2-4-13(7-12)14-5-6-19-15(8-14)9-17(23)21-18(24)10-16(22)11-20(21)25-19/h2-8,10-11,22,24H,9H2,1H3. The van der Waals surface area contributed by atoms with E-state index in [1.54, 1.807) is 0 Å². The van der Waals surface area contributed by atoms with E-state index in [0.29, 0.717) is 5.75 Å². The van der Waals surface area contributed by atoms with Gasteiger partial charge in [0.25, 0.3) is 0 Å². The van der Waals surface area contributed by atoms with E-state index in [9.17, 15) is 15.0 Å². The highest BCUT2D eigenvalue weighted by Gasteiger charge is 2.25. The van der Waals surface area contributed by atoms with Gasteiger partial charge in [0.05, 0.1) is 0 Å². The molecule has 4 heteroatoms. The summed E-state index contributed by atoms with van der Waals surface area (Å²) in [5.41, 5.74) is 4.08. The van der Waals surface area contributed by atoms with Crippen molar-refractivity contribution in [3.8, 4) is 34.1 Å². The number of ether oxygens (including phenoxy) is 1. The molecule has 0 saturated heterocycles. The van der Waals surface area contributed by atoms with Gasteiger partial charge in [-0.25, -0.2) is 0 Å². The first-order valence-electron chi connectivity index (χ1n) is 7.98. The fourth-order valence-corrected chi connectivity index (χ4v) is 3.15. The third-order valence-corrected chi connectivity index (χ3v) is 4.33. The van der Waals surface area contributed by atoms with Crippen LogP contribution < -0.4 is 4.74 Å². The van der Waals surface area contributed by atoms with Crippen molar-refractivity contribution in [1.82, 2.24) is 0 Å². The van der Waals surface area contributed by atoms with E-state index in [-0.39, 0.29) is 35.0 Å². The van der Waals surface area contributed by atoms with Gasteiger partial charge in [-0.1, -0.05) is 35.9 Å². The van der Waals surface area contributed by atoms with Crippen LogP contribution in [-0.4, -0.2) is 16.0 Å². The van der Waals surface area contributed by atoms with Crippen molar-refractivity contribution >= 4 is 5.78 Å². The monoisotopic (exact) mass is 332 g/mol. The molecule has 0 amide bonds. The first kappa shape index (κ1) is 15.3. The van der Waals surface area contributed by atoms with E-state index >= 15 is 0 Å². The van der Waals surface area contributed by atoms with Crippen molar-refractivity contribution in [3.63, 3.8) is 0 Å². The number of hydrogen-bond donors (Lipinski definition) is 2. The van der Waals surface area contributed by atoms with Crippen LogP contribution in [0.3, 0.4) is 0 Å². The number of phenols is 2. The first-order valence-corrected chi connectivity index (χ1v) is 7.98. The number of rotatable bonds is 1. The zero-order valence-corrected chi connectivity index (χ0v) is 13.6. The molecule has 0 fully saturated rings. The van der Waals surface area contributed by atoms with Crippen LogP contribution in [0.15, 0.2) is 54.6 Å². The summed E-state index contributed by atoms with van der Waals surface area (Å²) in [6.07, 6.45) is 0.125. The molecular formula is C21H16O4. The number of carbonyl (C=O) groups excluding carboxylic acids is 1. The zero-order chi connectivity index (χ0) is 17.6. The molecule has 0 radical (unpaired) electrons. The second kappa shape index (κ2) is 5.67. The smallest absolute Gasteiger partial charge is 0.174 e. The highest BCUT2D eigenvalue weighted by molar-refractivity contribution is 6.03. The Hall–Kier alpha value is -3.27. The average Bonchev–Trinajstić information content (AvgIpc) is 2.69. The van der Waals surface area contributed by atoms with Crippen molar-refractivity contribution in [1.29, 1.82) is 0 Å². The summed E-state index contributed by atoms with van der Waals surface area (Å²) in [5.74, 6) is 0.0568. The van der Waals surface area contributed by atoms with Crippen molar-refractivity contribution in [2.75, 3.05) is 0 Å². The Morgan fingerprint density at radius 1 is 0.920 bits per heavy atom. The van der Waals surface area contributed by atoms with Gasteiger partial charge < -0.3 is 14.9 Å². The lowest BCUT2D eigenvalue weighted by Crippen LogP contribution is -2.02. The van der Waals surface area contributed by atoms with Gasteiger partial charge in [0.1, 0.15) is 28.6 Å². The van der Waals surface area contributed by atoms with Gasteiger partial charge in [-0.05, 0) is 30.2 Å². The zero-order valence-electron chi connectivity index (χ0n) is 13.6. The maximum atomic E-state index is 12.6. The first-order chi connectivity index (χ1) is 12.0. The quantitative estimate of drug-likeness (QED) is 0.683. The molecule has 3 aromatic carbocycles. The molecule has 0 saturated carbocycles.